The standard InChI is InChI=1S/C49H55ClN8O6S2/c1-27(2)43(48(62)57-25-36(59)22-38(57)39(60)19-12-32-10-13-34(14-11-32)46-29(4)52-26-65-46)40-24-42(56-64-40)63-21-9-7-8-20-51-41(61)23-37-47-55-54-31(6)58(47)49-44(28(3)30(5)66-49)45(53-37)33-15-17-35(50)18-16-33/h10-11,13-18,24,26-27,36-38,43,59H,7-9,12,19-23,25H2,1-6H3,(H,51,61)/t36-,37?,38+,43-/m1/s1. The van der Waals surface area contributed by atoms with Crippen LogP contribution in [0.5, 0.6) is 5.88 Å². The number of carbonyl (C=O) groups excluding carboxylic acids is 3. The van der Waals surface area contributed by atoms with E-state index in [-0.39, 0.29) is 55.2 Å². The van der Waals surface area contributed by atoms with Crippen LogP contribution in [-0.2, 0) is 20.8 Å². The number of likely N-dealkylation sites (tertiary alicyclic amines) is 1. The van der Waals surface area contributed by atoms with Gasteiger partial charge in [-0.15, -0.1) is 32.9 Å². The number of Topliss-reactive ketones (excluding diaryl/α,β-unsaturated/α-hetero) is 1. The van der Waals surface area contributed by atoms with Crippen LogP contribution in [0.2, 0.25) is 5.02 Å². The Morgan fingerprint density at radius 2 is 1.76 bits per heavy atom. The van der Waals surface area contributed by atoms with E-state index in [0.29, 0.717) is 42.6 Å². The number of halogens is 1. The minimum absolute atomic E-state index is 0.0772. The summed E-state index contributed by atoms with van der Waals surface area (Å²) in [6.07, 6.45) is 2.54. The summed E-state index contributed by atoms with van der Waals surface area (Å²) in [6.45, 7) is 12.9. The van der Waals surface area contributed by atoms with Crippen LogP contribution in [0.15, 0.2) is 69.6 Å². The van der Waals surface area contributed by atoms with Crippen molar-refractivity contribution in [2.45, 2.75) is 111 Å². The van der Waals surface area contributed by atoms with E-state index in [1.807, 2.05) is 86.3 Å². The molecule has 6 aromatic rings. The van der Waals surface area contributed by atoms with Gasteiger partial charge >= 0.3 is 0 Å². The summed E-state index contributed by atoms with van der Waals surface area (Å²) in [4.78, 5) is 54.5. The number of aliphatic hydroxyl groups excluding tert-OH is 1. The van der Waals surface area contributed by atoms with Crippen LogP contribution in [-0.4, -0.2) is 90.1 Å². The molecule has 4 aromatic heterocycles. The first kappa shape index (κ1) is 47.0. The van der Waals surface area contributed by atoms with E-state index in [0.717, 1.165) is 67.8 Å². The number of nitrogens with one attached hydrogen (secondary N) is 1. The van der Waals surface area contributed by atoms with Crippen molar-refractivity contribution in [1.82, 2.24) is 35.1 Å². The van der Waals surface area contributed by atoms with E-state index in [4.69, 9.17) is 25.9 Å². The Kier molecular flexibility index (Phi) is 14.6. The summed E-state index contributed by atoms with van der Waals surface area (Å²) in [5.74, 6) is 0.618. The molecule has 0 spiro atoms. The SMILES string of the molecule is Cc1ncsc1-c1ccc(CCC(=O)[C@@H]2C[C@@H](O)CN2C(=O)[C@@H](c2cc(OCCCCCNC(=O)CC3N=C(c4ccc(Cl)cc4)c4c(sc(C)c4C)-n4c(C)nnc43)no2)C(C)C)cc1. The van der Waals surface area contributed by atoms with Crippen LogP contribution in [0.3, 0.4) is 0 Å². The van der Waals surface area contributed by atoms with Gasteiger partial charge in [0.25, 0.3) is 5.88 Å². The molecular weight excluding hydrogens is 896 g/mol. The minimum atomic E-state index is -0.791. The highest BCUT2D eigenvalue weighted by Gasteiger charge is 2.43. The van der Waals surface area contributed by atoms with Crippen molar-refractivity contribution in [2.24, 2.45) is 10.9 Å². The molecule has 1 fully saturated rings. The zero-order valence-corrected chi connectivity index (χ0v) is 40.4. The number of thiophene rings is 1. The van der Waals surface area contributed by atoms with Crippen molar-refractivity contribution in [3.63, 3.8) is 0 Å². The fourth-order valence-corrected chi connectivity index (χ4v) is 10.9. The molecule has 17 heteroatoms. The number of rotatable bonds is 18. The fourth-order valence-electron chi connectivity index (χ4n) is 8.79. The highest BCUT2D eigenvalue weighted by atomic mass is 35.5. The van der Waals surface area contributed by atoms with Crippen LogP contribution in [0.25, 0.3) is 15.4 Å². The lowest BCUT2D eigenvalue weighted by Crippen LogP contribution is -2.44. The van der Waals surface area contributed by atoms with Gasteiger partial charge in [0.05, 0.1) is 47.0 Å². The van der Waals surface area contributed by atoms with Crippen molar-refractivity contribution in [1.29, 1.82) is 0 Å². The number of aliphatic imine (C=N–C) groups is 1. The van der Waals surface area contributed by atoms with Gasteiger partial charge in [-0.25, -0.2) is 4.98 Å². The summed E-state index contributed by atoms with van der Waals surface area (Å²) in [5.41, 5.74) is 8.80. The molecule has 2 aliphatic heterocycles. The molecule has 4 atom stereocenters. The number of ketones is 1. The number of benzene rings is 2. The second kappa shape index (κ2) is 20.5. The molecule has 66 heavy (non-hydrogen) atoms. The third-order valence-corrected chi connectivity index (χ3v) is 14.9. The monoisotopic (exact) mass is 950 g/mol. The predicted octanol–water partition coefficient (Wildman–Crippen LogP) is 8.88. The maximum Gasteiger partial charge on any atom is 0.254 e. The molecule has 2 amide bonds. The second-order valence-corrected chi connectivity index (χ2v) is 20.0. The molecule has 0 saturated carbocycles. The van der Waals surface area contributed by atoms with Crippen LogP contribution in [0, 0.1) is 33.6 Å². The Morgan fingerprint density at radius 3 is 2.48 bits per heavy atom. The van der Waals surface area contributed by atoms with Crippen LogP contribution in [0.1, 0.15) is 115 Å². The summed E-state index contributed by atoms with van der Waals surface area (Å²) >= 11 is 9.52. The zero-order chi connectivity index (χ0) is 46.6. The van der Waals surface area contributed by atoms with Gasteiger partial charge in [0, 0.05) is 53.0 Å². The number of aliphatic hydroxyl groups is 1. The Labute approximate surface area is 397 Å². The number of fused-ring (bicyclic) bond motifs is 3. The lowest BCUT2D eigenvalue weighted by Gasteiger charge is -2.28. The van der Waals surface area contributed by atoms with Crippen LogP contribution >= 0.6 is 34.3 Å². The summed E-state index contributed by atoms with van der Waals surface area (Å²) in [7, 11) is 0. The first-order valence-electron chi connectivity index (χ1n) is 22.5. The molecule has 1 unspecified atom stereocenters. The van der Waals surface area contributed by atoms with E-state index in [1.165, 1.54) is 9.78 Å². The Bertz CT molecular complexity index is 2720. The van der Waals surface area contributed by atoms with Gasteiger partial charge in [0.15, 0.2) is 17.4 Å². The number of aromatic nitrogens is 5. The Hall–Kier alpha value is -5.55. The predicted molar refractivity (Wildman–Crippen MR) is 256 cm³/mol. The van der Waals surface area contributed by atoms with E-state index >= 15 is 0 Å². The normalized spacial score (nSPS) is 17.3. The molecule has 0 bridgehead atoms. The Balaban J connectivity index is 0.808. The number of unbranched alkanes of at least 4 members (excludes halogenated alkanes) is 2. The summed E-state index contributed by atoms with van der Waals surface area (Å²) in [5, 5.41) is 28.3. The zero-order valence-electron chi connectivity index (χ0n) is 38.0. The van der Waals surface area contributed by atoms with E-state index < -0.39 is 24.1 Å². The number of aryl methyl sites for hydroxylation is 4. The molecule has 0 radical (unpaired) electrons. The van der Waals surface area contributed by atoms with E-state index in [2.05, 4.69) is 39.5 Å². The van der Waals surface area contributed by atoms with Crippen molar-refractivity contribution >= 4 is 57.6 Å². The maximum atomic E-state index is 14.1. The summed E-state index contributed by atoms with van der Waals surface area (Å²) < 4.78 is 13.6. The van der Waals surface area contributed by atoms with Gasteiger partial charge in [0.2, 0.25) is 11.8 Å². The number of nitrogens with zero attached hydrogens (tertiary/aromatic N) is 7. The molecule has 8 rings (SSSR count). The van der Waals surface area contributed by atoms with Gasteiger partial charge in [0.1, 0.15) is 22.8 Å². The number of thiazole rings is 1. The van der Waals surface area contributed by atoms with Gasteiger partial charge in [-0.05, 0) is 93.3 Å². The molecule has 2 aromatic carbocycles. The lowest BCUT2D eigenvalue weighted by molar-refractivity contribution is -0.140. The van der Waals surface area contributed by atoms with Crippen molar-refractivity contribution < 1.29 is 28.8 Å². The Morgan fingerprint density at radius 1 is 1.00 bits per heavy atom. The second-order valence-electron chi connectivity index (χ2n) is 17.5. The number of hydrogen-bond acceptors (Lipinski definition) is 13. The van der Waals surface area contributed by atoms with Crippen LogP contribution < -0.4 is 10.1 Å². The smallest absolute Gasteiger partial charge is 0.254 e. The highest BCUT2D eigenvalue weighted by molar-refractivity contribution is 7.15. The number of carbonyl (C=O) groups is 3. The quantitative estimate of drug-likeness (QED) is 0.0791. The number of ether oxygens (including phenoxy) is 1. The van der Waals surface area contributed by atoms with Gasteiger partial charge in [-0.1, -0.05) is 61.8 Å². The lowest BCUT2D eigenvalue weighted by atomic mass is 9.91. The number of amides is 2. The highest BCUT2D eigenvalue weighted by Crippen LogP contribution is 2.40. The minimum Gasteiger partial charge on any atom is -0.476 e. The molecule has 6 heterocycles. The van der Waals surface area contributed by atoms with Crippen molar-refractivity contribution in [3.8, 4) is 21.3 Å². The number of hydrogen-bond donors (Lipinski definition) is 2. The topological polar surface area (TPSA) is 178 Å². The summed E-state index contributed by atoms with van der Waals surface area (Å²) in [6, 6.07) is 16.1. The third kappa shape index (κ3) is 10.2. The van der Waals surface area contributed by atoms with Gasteiger partial charge in [-0.3, -0.25) is 23.9 Å². The molecule has 0 aliphatic carbocycles. The average molecular weight is 952 g/mol. The van der Waals surface area contributed by atoms with E-state index in [9.17, 15) is 19.5 Å². The maximum absolute atomic E-state index is 14.1. The molecule has 2 aliphatic rings. The van der Waals surface area contributed by atoms with Crippen molar-refractivity contribution in [3.05, 3.63) is 115 Å². The first-order chi connectivity index (χ1) is 31.8. The first-order valence-corrected chi connectivity index (χ1v) is 24.6. The van der Waals surface area contributed by atoms with Gasteiger partial charge < -0.3 is 24.6 Å². The fraction of sp³-hybridized carbons (Fsp3) is 0.429. The van der Waals surface area contributed by atoms with Crippen molar-refractivity contribution in [2.75, 3.05) is 19.7 Å². The third-order valence-electron chi connectivity index (χ3n) is 12.4. The largest absolute Gasteiger partial charge is 0.476 e. The molecule has 14 nitrogen and oxygen atoms in total. The average Bonchev–Trinajstić information content (AvgIpc) is 4.14. The number of β-amino-alcohol motifs (C(OH)–C–C–N with tert-alkyl or cyclic N) is 1. The molecule has 1 saturated heterocycles. The molecule has 2 N–H and O–H groups in total. The molecular formula is C49H55ClN8O6S2. The van der Waals surface area contributed by atoms with Crippen LogP contribution in [0.4, 0.5) is 0 Å². The molecule has 346 valence electrons. The van der Waals surface area contributed by atoms with E-state index in [1.54, 1.807) is 28.7 Å². The van der Waals surface area contributed by atoms with Gasteiger partial charge in [-0.2, -0.15) is 0 Å².